The lowest BCUT2D eigenvalue weighted by Gasteiger charge is -2.17. The molecule has 0 aliphatic carbocycles. The lowest BCUT2D eigenvalue weighted by molar-refractivity contribution is -0.117. The van der Waals surface area contributed by atoms with Crippen LogP contribution in [0.15, 0.2) is 48.8 Å². The second-order valence-corrected chi connectivity index (χ2v) is 6.75. The Bertz CT molecular complexity index is 1020. The Morgan fingerprint density at radius 2 is 2.00 bits per heavy atom. The molecule has 1 fully saturated rings. The van der Waals surface area contributed by atoms with E-state index in [9.17, 15) is 9.59 Å². The number of hydrogen-bond donors (Lipinski definition) is 1. The Labute approximate surface area is 160 Å². The molecule has 1 saturated heterocycles. The van der Waals surface area contributed by atoms with Gasteiger partial charge >= 0.3 is 0 Å². The van der Waals surface area contributed by atoms with E-state index in [0.29, 0.717) is 17.2 Å². The van der Waals surface area contributed by atoms with Crippen LogP contribution in [0.5, 0.6) is 5.75 Å². The molecular formula is C19H17ClN4O3. The number of ether oxygens (including phenoxy) is 1. The summed E-state index contributed by atoms with van der Waals surface area (Å²) in [4.78, 5) is 30.8. The van der Waals surface area contributed by atoms with Gasteiger partial charge in [0.1, 0.15) is 17.1 Å². The Morgan fingerprint density at radius 3 is 2.74 bits per heavy atom. The van der Waals surface area contributed by atoms with Gasteiger partial charge in [0.15, 0.2) is 0 Å². The number of nitrogens with zero attached hydrogens (tertiary/aromatic N) is 3. The van der Waals surface area contributed by atoms with Gasteiger partial charge in [-0.1, -0.05) is 11.6 Å². The second-order valence-electron chi connectivity index (χ2n) is 6.32. The molecule has 2 amide bonds. The van der Waals surface area contributed by atoms with Crippen molar-refractivity contribution in [2.45, 2.75) is 12.5 Å². The minimum absolute atomic E-state index is 0.0350. The van der Waals surface area contributed by atoms with Gasteiger partial charge in [-0.2, -0.15) is 0 Å². The van der Waals surface area contributed by atoms with Crippen LogP contribution in [0.2, 0.25) is 5.02 Å². The second kappa shape index (κ2) is 6.92. The van der Waals surface area contributed by atoms with Gasteiger partial charge in [0.2, 0.25) is 5.91 Å². The number of halogens is 1. The van der Waals surface area contributed by atoms with E-state index in [1.165, 1.54) is 0 Å². The number of fused-ring (bicyclic) bond motifs is 1. The highest BCUT2D eigenvalue weighted by atomic mass is 35.5. The number of benzene rings is 1. The molecule has 27 heavy (non-hydrogen) atoms. The number of nitrogens with one attached hydrogen (secondary N) is 1. The topological polar surface area (TPSA) is 75.9 Å². The van der Waals surface area contributed by atoms with Crippen LogP contribution in [0.1, 0.15) is 16.9 Å². The summed E-state index contributed by atoms with van der Waals surface area (Å²) >= 11 is 5.95. The fourth-order valence-corrected chi connectivity index (χ4v) is 3.32. The van der Waals surface area contributed by atoms with E-state index in [-0.39, 0.29) is 30.0 Å². The first-order valence-electron chi connectivity index (χ1n) is 8.43. The van der Waals surface area contributed by atoms with Crippen molar-refractivity contribution < 1.29 is 14.3 Å². The molecule has 1 N–H and O–H groups in total. The molecule has 4 rings (SSSR count). The highest BCUT2D eigenvalue weighted by Gasteiger charge is 2.32. The average Bonchev–Trinajstić information content (AvgIpc) is 3.24. The van der Waals surface area contributed by atoms with Crippen LogP contribution >= 0.6 is 11.6 Å². The third kappa shape index (κ3) is 3.46. The predicted octanol–water partition coefficient (Wildman–Crippen LogP) is 2.53. The van der Waals surface area contributed by atoms with E-state index in [0.717, 1.165) is 11.4 Å². The molecule has 1 aliphatic rings. The minimum Gasteiger partial charge on any atom is -0.497 e. The lowest BCUT2D eigenvalue weighted by atomic mass is 10.2. The molecule has 0 spiro atoms. The van der Waals surface area contributed by atoms with Crippen molar-refractivity contribution in [1.82, 2.24) is 14.7 Å². The number of methoxy groups -OCH3 is 1. The Balaban J connectivity index is 1.46. The minimum atomic E-state index is -0.316. The van der Waals surface area contributed by atoms with Crippen molar-refractivity contribution in [3.8, 4) is 5.75 Å². The van der Waals surface area contributed by atoms with E-state index < -0.39 is 0 Å². The van der Waals surface area contributed by atoms with Gasteiger partial charge in [0, 0.05) is 31.0 Å². The predicted molar refractivity (Wildman–Crippen MR) is 101 cm³/mol. The smallest absolute Gasteiger partial charge is 0.271 e. The number of aromatic nitrogens is 2. The van der Waals surface area contributed by atoms with Gasteiger partial charge in [-0.25, -0.2) is 4.98 Å². The van der Waals surface area contributed by atoms with Crippen LogP contribution in [-0.2, 0) is 4.79 Å². The summed E-state index contributed by atoms with van der Waals surface area (Å²) in [5.41, 5.74) is 1.69. The van der Waals surface area contributed by atoms with Crippen molar-refractivity contribution in [3.05, 3.63) is 59.5 Å². The zero-order chi connectivity index (χ0) is 19.0. The summed E-state index contributed by atoms with van der Waals surface area (Å²) in [5, 5.41) is 3.45. The van der Waals surface area contributed by atoms with Gasteiger partial charge in [-0.3, -0.25) is 9.59 Å². The fourth-order valence-electron chi connectivity index (χ4n) is 3.15. The van der Waals surface area contributed by atoms with Gasteiger partial charge < -0.3 is 19.4 Å². The number of amides is 2. The SMILES string of the molecule is COc1ccc(N2C[C@@H](NC(=O)c3cn4cc(Cl)ccc4n3)CC2=O)cc1. The molecule has 1 aromatic carbocycles. The number of rotatable bonds is 4. The molecule has 3 aromatic rings. The first kappa shape index (κ1) is 17.4. The van der Waals surface area contributed by atoms with Crippen LogP contribution < -0.4 is 15.0 Å². The summed E-state index contributed by atoms with van der Waals surface area (Å²) in [6.07, 6.45) is 3.55. The van der Waals surface area contributed by atoms with Gasteiger partial charge in [-0.05, 0) is 36.4 Å². The number of anilines is 1. The van der Waals surface area contributed by atoms with E-state index >= 15 is 0 Å². The zero-order valence-electron chi connectivity index (χ0n) is 14.6. The van der Waals surface area contributed by atoms with Crippen LogP contribution in [-0.4, -0.2) is 40.9 Å². The normalized spacial score (nSPS) is 16.7. The summed E-state index contributed by atoms with van der Waals surface area (Å²) in [5.74, 6) is 0.374. The molecule has 8 heteroatoms. The summed E-state index contributed by atoms with van der Waals surface area (Å²) in [6, 6.07) is 10.4. The van der Waals surface area contributed by atoms with Crippen molar-refractivity contribution in [3.63, 3.8) is 0 Å². The monoisotopic (exact) mass is 384 g/mol. The van der Waals surface area contributed by atoms with Crippen molar-refractivity contribution in [1.29, 1.82) is 0 Å². The molecule has 3 heterocycles. The van der Waals surface area contributed by atoms with E-state index in [4.69, 9.17) is 16.3 Å². The van der Waals surface area contributed by atoms with Crippen LogP contribution in [0.4, 0.5) is 5.69 Å². The quantitative estimate of drug-likeness (QED) is 0.750. The first-order valence-corrected chi connectivity index (χ1v) is 8.81. The summed E-state index contributed by atoms with van der Waals surface area (Å²) in [6.45, 7) is 0.413. The Kier molecular flexibility index (Phi) is 4.45. The van der Waals surface area contributed by atoms with Gasteiger partial charge in [0.25, 0.3) is 5.91 Å². The molecule has 2 aromatic heterocycles. The van der Waals surface area contributed by atoms with E-state index in [2.05, 4.69) is 10.3 Å². The standard InChI is InChI=1S/C19H17ClN4O3/c1-27-15-5-3-14(4-6-15)24-10-13(8-18(24)25)21-19(26)16-11-23-9-12(20)2-7-17(23)22-16/h2-7,9,11,13H,8,10H2,1H3,(H,21,26)/t13-/m0/s1. The van der Waals surface area contributed by atoms with E-state index in [1.807, 2.05) is 12.1 Å². The molecule has 0 unspecified atom stereocenters. The summed E-state index contributed by atoms with van der Waals surface area (Å²) < 4.78 is 6.83. The Morgan fingerprint density at radius 1 is 1.22 bits per heavy atom. The Hall–Kier alpha value is -3.06. The average molecular weight is 385 g/mol. The maximum absolute atomic E-state index is 12.5. The highest BCUT2D eigenvalue weighted by molar-refractivity contribution is 6.30. The van der Waals surface area contributed by atoms with Crippen molar-refractivity contribution in [2.75, 3.05) is 18.6 Å². The van der Waals surface area contributed by atoms with Crippen LogP contribution in [0.25, 0.3) is 5.65 Å². The summed E-state index contributed by atoms with van der Waals surface area (Å²) in [7, 11) is 1.59. The third-order valence-corrected chi connectivity index (χ3v) is 4.72. The van der Waals surface area contributed by atoms with Crippen LogP contribution in [0.3, 0.4) is 0 Å². The molecule has 138 valence electrons. The van der Waals surface area contributed by atoms with Crippen molar-refractivity contribution >= 4 is 34.7 Å². The number of hydrogen-bond acceptors (Lipinski definition) is 4. The molecule has 1 atom stereocenters. The number of carbonyl (C=O) groups excluding carboxylic acids is 2. The fraction of sp³-hybridized carbons (Fsp3) is 0.211. The molecule has 0 radical (unpaired) electrons. The lowest BCUT2D eigenvalue weighted by Crippen LogP contribution is -2.37. The third-order valence-electron chi connectivity index (χ3n) is 4.49. The van der Waals surface area contributed by atoms with Gasteiger partial charge in [0.05, 0.1) is 18.2 Å². The molecular weight excluding hydrogens is 368 g/mol. The molecule has 1 aliphatic heterocycles. The number of pyridine rings is 1. The van der Waals surface area contributed by atoms with Crippen molar-refractivity contribution in [2.24, 2.45) is 0 Å². The molecule has 7 nitrogen and oxygen atoms in total. The number of imidazole rings is 1. The largest absolute Gasteiger partial charge is 0.497 e. The molecule has 0 saturated carbocycles. The number of carbonyl (C=O) groups is 2. The van der Waals surface area contributed by atoms with E-state index in [1.54, 1.807) is 53.1 Å². The maximum Gasteiger partial charge on any atom is 0.271 e. The van der Waals surface area contributed by atoms with Crippen LogP contribution in [0, 0.1) is 0 Å². The molecule has 0 bridgehead atoms. The highest BCUT2D eigenvalue weighted by Crippen LogP contribution is 2.24. The maximum atomic E-state index is 12.5. The zero-order valence-corrected chi connectivity index (χ0v) is 15.3. The first-order chi connectivity index (χ1) is 13.0. The van der Waals surface area contributed by atoms with Gasteiger partial charge in [-0.15, -0.1) is 0 Å².